The minimum Gasteiger partial charge on any atom is -0.316 e. The molecule has 0 bridgehead atoms. The minimum absolute atomic E-state index is 0.0548. The number of rotatable bonds is 6. The Bertz CT molecular complexity index is 488. The zero-order valence-corrected chi connectivity index (χ0v) is 12.6. The maximum absolute atomic E-state index is 13.5. The number of benzene rings is 1. The Morgan fingerprint density at radius 3 is 2.67 bits per heavy atom. The Morgan fingerprint density at radius 1 is 1.44 bits per heavy atom. The van der Waals surface area contributed by atoms with E-state index in [0.717, 1.165) is 0 Å². The van der Waals surface area contributed by atoms with Crippen molar-refractivity contribution < 1.29 is 12.8 Å². The van der Waals surface area contributed by atoms with Crippen LogP contribution in [0.5, 0.6) is 0 Å². The average Bonchev–Trinajstić information content (AvgIpc) is 2.31. The van der Waals surface area contributed by atoms with Crippen LogP contribution in [0.15, 0.2) is 22.7 Å². The SMILES string of the molecule is CCNCC(C)S(=O)(=O)Nc1c(F)cccc1Br. The van der Waals surface area contributed by atoms with Crippen molar-refractivity contribution in [3.63, 3.8) is 0 Å². The molecule has 0 heterocycles. The topological polar surface area (TPSA) is 58.2 Å². The lowest BCUT2D eigenvalue weighted by Gasteiger charge is -2.16. The highest BCUT2D eigenvalue weighted by Gasteiger charge is 2.22. The second-order valence-electron chi connectivity index (χ2n) is 3.86. The van der Waals surface area contributed by atoms with Gasteiger partial charge in [-0.25, -0.2) is 12.8 Å². The van der Waals surface area contributed by atoms with Crippen molar-refractivity contribution in [1.82, 2.24) is 5.32 Å². The van der Waals surface area contributed by atoms with E-state index in [4.69, 9.17) is 0 Å². The maximum atomic E-state index is 13.5. The highest BCUT2D eigenvalue weighted by molar-refractivity contribution is 9.10. The molecule has 1 rings (SSSR count). The van der Waals surface area contributed by atoms with Gasteiger partial charge in [0, 0.05) is 11.0 Å². The van der Waals surface area contributed by atoms with Crippen molar-refractivity contribution in [2.45, 2.75) is 19.1 Å². The molecule has 0 saturated heterocycles. The number of anilines is 1. The number of hydrogen-bond donors (Lipinski definition) is 2. The van der Waals surface area contributed by atoms with E-state index in [2.05, 4.69) is 26.0 Å². The molecular formula is C11H16BrFN2O2S. The van der Waals surface area contributed by atoms with Crippen molar-refractivity contribution in [3.8, 4) is 0 Å². The van der Waals surface area contributed by atoms with E-state index in [-0.39, 0.29) is 5.69 Å². The Hall–Kier alpha value is -0.660. The Balaban J connectivity index is 2.89. The van der Waals surface area contributed by atoms with Gasteiger partial charge in [-0.05, 0) is 41.5 Å². The van der Waals surface area contributed by atoms with Crippen molar-refractivity contribution in [1.29, 1.82) is 0 Å². The summed E-state index contributed by atoms with van der Waals surface area (Å²) in [4.78, 5) is 0. The first kappa shape index (κ1) is 15.4. The quantitative estimate of drug-likeness (QED) is 0.836. The zero-order chi connectivity index (χ0) is 13.8. The predicted octanol–water partition coefficient (Wildman–Crippen LogP) is 2.33. The Kier molecular flexibility index (Phi) is 5.55. The van der Waals surface area contributed by atoms with Crippen LogP contribution in [0, 0.1) is 5.82 Å². The highest BCUT2D eigenvalue weighted by Crippen LogP contribution is 2.26. The molecule has 1 unspecified atom stereocenters. The molecular weight excluding hydrogens is 323 g/mol. The molecule has 1 aromatic carbocycles. The third kappa shape index (κ3) is 3.93. The number of halogens is 2. The molecule has 0 radical (unpaired) electrons. The molecule has 0 fully saturated rings. The minimum atomic E-state index is -3.61. The molecule has 1 aromatic rings. The van der Waals surface area contributed by atoms with Crippen LogP contribution in [0.1, 0.15) is 13.8 Å². The first-order chi connectivity index (χ1) is 8.38. The van der Waals surface area contributed by atoms with Gasteiger partial charge in [0.2, 0.25) is 10.0 Å². The van der Waals surface area contributed by atoms with Gasteiger partial charge in [0.1, 0.15) is 5.82 Å². The van der Waals surface area contributed by atoms with E-state index >= 15 is 0 Å². The lowest BCUT2D eigenvalue weighted by molar-refractivity contribution is 0.578. The first-order valence-electron chi connectivity index (χ1n) is 5.54. The summed E-state index contributed by atoms with van der Waals surface area (Å²) in [6.45, 7) is 4.46. The van der Waals surface area contributed by atoms with Gasteiger partial charge < -0.3 is 5.32 Å². The van der Waals surface area contributed by atoms with Gasteiger partial charge >= 0.3 is 0 Å². The summed E-state index contributed by atoms with van der Waals surface area (Å²) < 4.78 is 40.1. The van der Waals surface area contributed by atoms with Gasteiger partial charge in [-0.2, -0.15) is 0 Å². The second kappa shape index (κ2) is 6.49. The van der Waals surface area contributed by atoms with Gasteiger partial charge in [-0.15, -0.1) is 0 Å². The van der Waals surface area contributed by atoms with Gasteiger partial charge in [-0.3, -0.25) is 4.72 Å². The van der Waals surface area contributed by atoms with Gasteiger partial charge in [0.25, 0.3) is 0 Å². The summed E-state index contributed by atoms with van der Waals surface area (Å²) >= 11 is 3.12. The molecule has 7 heteroatoms. The standard InChI is InChI=1S/C11H16BrFN2O2S/c1-3-14-7-8(2)18(16,17)15-11-9(12)5-4-6-10(11)13/h4-6,8,14-15H,3,7H2,1-2H3. The number of para-hydroxylation sites is 1. The van der Waals surface area contributed by atoms with Crippen molar-refractivity contribution in [2.24, 2.45) is 0 Å². The summed E-state index contributed by atoms with van der Waals surface area (Å²) in [6, 6.07) is 4.28. The number of nitrogens with one attached hydrogen (secondary N) is 2. The molecule has 0 amide bonds. The van der Waals surface area contributed by atoms with Crippen molar-refractivity contribution in [3.05, 3.63) is 28.5 Å². The van der Waals surface area contributed by atoms with E-state index in [1.54, 1.807) is 13.0 Å². The molecule has 0 aromatic heterocycles. The molecule has 0 spiro atoms. The van der Waals surface area contributed by atoms with Crippen LogP contribution in [0.4, 0.5) is 10.1 Å². The molecule has 1 atom stereocenters. The lowest BCUT2D eigenvalue weighted by Crippen LogP contribution is -2.35. The Labute approximate surface area is 115 Å². The van der Waals surface area contributed by atoms with E-state index in [1.165, 1.54) is 12.1 Å². The first-order valence-corrected chi connectivity index (χ1v) is 7.88. The monoisotopic (exact) mass is 338 g/mol. The molecule has 18 heavy (non-hydrogen) atoms. The van der Waals surface area contributed by atoms with E-state index in [9.17, 15) is 12.8 Å². The average molecular weight is 339 g/mol. The molecule has 0 aliphatic heterocycles. The smallest absolute Gasteiger partial charge is 0.236 e. The molecule has 0 aliphatic rings. The van der Waals surface area contributed by atoms with Crippen LogP contribution in [0.2, 0.25) is 0 Å². The molecule has 0 aliphatic carbocycles. The van der Waals surface area contributed by atoms with E-state index in [1.807, 2.05) is 6.92 Å². The van der Waals surface area contributed by atoms with Crippen LogP contribution in [-0.4, -0.2) is 26.8 Å². The molecule has 102 valence electrons. The van der Waals surface area contributed by atoms with E-state index in [0.29, 0.717) is 17.6 Å². The third-order valence-corrected chi connectivity index (χ3v) is 4.79. The number of sulfonamides is 1. The second-order valence-corrected chi connectivity index (χ2v) is 6.82. The van der Waals surface area contributed by atoms with Gasteiger partial charge in [-0.1, -0.05) is 13.0 Å². The fourth-order valence-corrected chi connectivity index (χ4v) is 2.90. The summed E-state index contributed by atoms with van der Waals surface area (Å²) in [6.07, 6.45) is 0. The molecule has 2 N–H and O–H groups in total. The molecule has 4 nitrogen and oxygen atoms in total. The summed E-state index contributed by atoms with van der Waals surface area (Å²) in [7, 11) is -3.61. The summed E-state index contributed by atoms with van der Waals surface area (Å²) in [5, 5.41) is 2.30. The fourth-order valence-electron chi connectivity index (χ4n) is 1.30. The van der Waals surface area contributed by atoms with Crippen molar-refractivity contribution in [2.75, 3.05) is 17.8 Å². The maximum Gasteiger partial charge on any atom is 0.236 e. The van der Waals surface area contributed by atoms with Crippen LogP contribution < -0.4 is 10.0 Å². The van der Waals surface area contributed by atoms with Gasteiger partial charge in [0.15, 0.2) is 0 Å². The third-order valence-electron chi connectivity index (χ3n) is 2.42. The lowest BCUT2D eigenvalue weighted by atomic mass is 10.3. The summed E-state index contributed by atoms with van der Waals surface area (Å²) in [5.74, 6) is -0.608. The van der Waals surface area contributed by atoms with Crippen LogP contribution >= 0.6 is 15.9 Å². The predicted molar refractivity (Wildman–Crippen MR) is 74.6 cm³/mol. The van der Waals surface area contributed by atoms with E-state index < -0.39 is 21.1 Å². The van der Waals surface area contributed by atoms with Crippen LogP contribution in [0.3, 0.4) is 0 Å². The normalized spacial score (nSPS) is 13.3. The van der Waals surface area contributed by atoms with Gasteiger partial charge in [0.05, 0.1) is 10.9 Å². The molecule has 0 saturated carbocycles. The number of hydrogen-bond acceptors (Lipinski definition) is 3. The Morgan fingerprint density at radius 2 is 2.11 bits per heavy atom. The summed E-state index contributed by atoms with van der Waals surface area (Å²) in [5.41, 5.74) is -0.0548. The zero-order valence-electron chi connectivity index (χ0n) is 10.2. The van der Waals surface area contributed by atoms with Crippen LogP contribution in [0.25, 0.3) is 0 Å². The largest absolute Gasteiger partial charge is 0.316 e. The van der Waals surface area contributed by atoms with Crippen LogP contribution in [-0.2, 0) is 10.0 Å². The van der Waals surface area contributed by atoms with Crippen molar-refractivity contribution >= 4 is 31.6 Å². The fraction of sp³-hybridized carbons (Fsp3) is 0.455. The highest BCUT2D eigenvalue weighted by atomic mass is 79.9.